The van der Waals surface area contributed by atoms with Crippen molar-refractivity contribution >= 4 is 37.2 Å². The topological polar surface area (TPSA) is 158 Å². The highest BCUT2D eigenvalue weighted by atomic mass is 32.2. The summed E-state index contributed by atoms with van der Waals surface area (Å²) >= 11 is 0. The number of nitrogens with zero attached hydrogens (tertiary/aromatic N) is 2. The molecule has 0 unspecified atom stereocenters. The van der Waals surface area contributed by atoms with E-state index < -0.39 is 59.7 Å². The number of likely N-dealkylation sites (N-methyl/N-ethyl adjacent to an activating group) is 1. The number of sulfone groups is 2. The first-order valence-corrected chi connectivity index (χ1v) is 12.2. The lowest BCUT2D eigenvalue weighted by molar-refractivity contribution is -0.387. The first-order chi connectivity index (χ1) is 13.4. The molecule has 160 valence electrons. The normalized spacial score (nSPS) is 18.2. The molecule has 2 rings (SSSR count). The molecule has 1 aliphatic heterocycles. The number of hydrogen-bond acceptors (Lipinski definition) is 9. The molecule has 0 aromatic heterocycles. The van der Waals surface area contributed by atoms with E-state index in [4.69, 9.17) is 4.74 Å². The number of benzene rings is 1. The Hall–Kier alpha value is -2.54. The van der Waals surface area contributed by atoms with Gasteiger partial charge in [0.25, 0.3) is 11.6 Å². The molecule has 13 heteroatoms. The second kappa shape index (κ2) is 8.45. The molecule has 1 atom stereocenters. The summed E-state index contributed by atoms with van der Waals surface area (Å²) in [6.07, 6.45) is 1.10. The van der Waals surface area contributed by atoms with Crippen LogP contribution in [-0.2, 0) is 29.2 Å². The van der Waals surface area contributed by atoms with Crippen molar-refractivity contribution in [2.24, 2.45) is 0 Å². The molecular weight excluding hydrogens is 428 g/mol. The predicted molar refractivity (Wildman–Crippen MR) is 101 cm³/mol. The lowest BCUT2D eigenvalue weighted by atomic mass is 10.2. The Morgan fingerprint density at radius 3 is 2.48 bits per heavy atom. The van der Waals surface area contributed by atoms with Crippen LogP contribution in [0.5, 0.6) is 0 Å². The summed E-state index contributed by atoms with van der Waals surface area (Å²) in [6, 6.07) is 2.25. The lowest BCUT2D eigenvalue weighted by Gasteiger charge is -2.26. The number of nitro benzene ring substituents is 1. The highest BCUT2D eigenvalue weighted by Crippen LogP contribution is 2.25. The number of ether oxygens (including phenoxy) is 1. The van der Waals surface area contributed by atoms with E-state index in [1.807, 2.05) is 0 Å². The standard InChI is InChI=1S/C16H20N2O9S2/c1-3-17(12-6-7-29(25,26)10-12)15(19)9-27-16(20)11-4-5-14(28(2,23)24)13(8-11)18(21)22/h4-5,8,12H,3,6-7,9-10H2,1-2H3/t12-/m0/s1. The Bertz CT molecular complexity index is 1050. The van der Waals surface area contributed by atoms with Crippen molar-refractivity contribution in [3.8, 4) is 0 Å². The van der Waals surface area contributed by atoms with Gasteiger partial charge < -0.3 is 9.64 Å². The fourth-order valence-electron chi connectivity index (χ4n) is 3.05. The van der Waals surface area contributed by atoms with Gasteiger partial charge in [0.1, 0.15) is 4.90 Å². The Morgan fingerprint density at radius 1 is 1.34 bits per heavy atom. The minimum Gasteiger partial charge on any atom is -0.452 e. The zero-order valence-electron chi connectivity index (χ0n) is 15.7. The highest BCUT2D eigenvalue weighted by Gasteiger charge is 2.34. The summed E-state index contributed by atoms with van der Waals surface area (Å²) < 4.78 is 51.3. The summed E-state index contributed by atoms with van der Waals surface area (Å²) in [5.41, 5.74) is -1.07. The quantitative estimate of drug-likeness (QED) is 0.322. The van der Waals surface area contributed by atoms with Gasteiger partial charge in [-0.15, -0.1) is 0 Å². The summed E-state index contributed by atoms with van der Waals surface area (Å²) in [5, 5.41) is 11.1. The van der Waals surface area contributed by atoms with Crippen LogP contribution in [0, 0.1) is 10.1 Å². The first kappa shape index (κ1) is 22.7. The number of esters is 1. The van der Waals surface area contributed by atoms with E-state index in [-0.39, 0.29) is 23.6 Å². The molecule has 0 spiro atoms. The summed E-state index contributed by atoms with van der Waals surface area (Å²) in [7, 11) is -7.09. The van der Waals surface area contributed by atoms with Crippen LogP contribution in [0.1, 0.15) is 23.7 Å². The molecule has 1 amide bonds. The molecule has 0 bridgehead atoms. The van der Waals surface area contributed by atoms with Crippen LogP contribution in [0.25, 0.3) is 0 Å². The van der Waals surface area contributed by atoms with E-state index in [1.54, 1.807) is 6.92 Å². The zero-order chi connectivity index (χ0) is 22.0. The van der Waals surface area contributed by atoms with Crippen molar-refractivity contribution in [2.75, 3.05) is 30.9 Å². The first-order valence-electron chi connectivity index (χ1n) is 8.51. The van der Waals surface area contributed by atoms with Crippen molar-refractivity contribution < 1.29 is 36.1 Å². The van der Waals surface area contributed by atoms with Crippen LogP contribution in [-0.4, -0.2) is 75.5 Å². The number of carbonyl (C=O) groups excluding carboxylic acids is 2. The maximum absolute atomic E-state index is 12.3. The maximum Gasteiger partial charge on any atom is 0.338 e. The number of rotatable bonds is 7. The van der Waals surface area contributed by atoms with Gasteiger partial charge in [-0.05, 0) is 25.5 Å². The monoisotopic (exact) mass is 448 g/mol. The van der Waals surface area contributed by atoms with Gasteiger partial charge in [0.05, 0.1) is 22.0 Å². The lowest BCUT2D eigenvalue weighted by Crippen LogP contribution is -2.43. The van der Waals surface area contributed by atoms with E-state index in [1.165, 1.54) is 4.90 Å². The van der Waals surface area contributed by atoms with Gasteiger partial charge in [-0.1, -0.05) is 0 Å². The number of nitro groups is 1. The maximum atomic E-state index is 12.3. The fourth-order valence-corrected chi connectivity index (χ4v) is 5.61. The van der Waals surface area contributed by atoms with Crippen molar-refractivity contribution in [2.45, 2.75) is 24.3 Å². The van der Waals surface area contributed by atoms with Crippen molar-refractivity contribution in [1.82, 2.24) is 4.90 Å². The van der Waals surface area contributed by atoms with E-state index in [0.29, 0.717) is 6.42 Å². The van der Waals surface area contributed by atoms with Crippen LogP contribution in [0.15, 0.2) is 23.1 Å². The van der Waals surface area contributed by atoms with Crippen molar-refractivity contribution in [3.05, 3.63) is 33.9 Å². The third kappa shape index (κ3) is 5.50. The molecule has 0 radical (unpaired) electrons. The smallest absolute Gasteiger partial charge is 0.338 e. The molecule has 1 aromatic carbocycles. The molecule has 0 N–H and O–H groups in total. The third-order valence-electron chi connectivity index (χ3n) is 4.43. The second-order valence-electron chi connectivity index (χ2n) is 6.52. The molecule has 11 nitrogen and oxygen atoms in total. The Kier molecular flexibility index (Phi) is 6.63. The van der Waals surface area contributed by atoms with Crippen LogP contribution < -0.4 is 0 Å². The second-order valence-corrected chi connectivity index (χ2v) is 10.7. The summed E-state index contributed by atoms with van der Waals surface area (Å²) in [5.74, 6) is -1.81. The van der Waals surface area contributed by atoms with Gasteiger partial charge in [0.15, 0.2) is 26.3 Å². The van der Waals surface area contributed by atoms with Gasteiger partial charge >= 0.3 is 5.97 Å². The molecule has 0 saturated carbocycles. The van der Waals surface area contributed by atoms with Gasteiger partial charge in [-0.25, -0.2) is 21.6 Å². The molecule has 1 heterocycles. The summed E-state index contributed by atoms with van der Waals surface area (Å²) in [4.78, 5) is 35.4. The van der Waals surface area contributed by atoms with E-state index in [2.05, 4.69) is 0 Å². The minimum atomic E-state index is -3.88. The van der Waals surface area contributed by atoms with Crippen LogP contribution in [0.4, 0.5) is 5.69 Å². The molecular formula is C16H20N2O9S2. The SMILES string of the molecule is CCN(C(=O)COC(=O)c1ccc(S(C)(=O)=O)c([N+](=O)[O-])c1)[C@H]1CCS(=O)(=O)C1. The Morgan fingerprint density at radius 2 is 2.00 bits per heavy atom. The van der Waals surface area contributed by atoms with Gasteiger partial charge in [-0.2, -0.15) is 0 Å². The predicted octanol–water partition coefficient (Wildman–Crippen LogP) is 0.191. The molecule has 1 fully saturated rings. The zero-order valence-corrected chi connectivity index (χ0v) is 17.4. The largest absolute Gasteiger partial charge is 0.452 e. The van der Waals surface area contributed by atoms with Crippen LogP contribution >= 0.6 is 0 Å². The molecule has 1 aliphatic rings. The number of hydrogen-bond donors (Lipinski definition) is 0. The van der Waals surface area contributed by atoms with Crippen molar-refractivity contribution in [1.29, 1.82) is 0 Å². The number of amides is 1. The van der Waals surface area contributed by atoms with Gasteiger partial charge in [0, 0.05) is 24.9 Å². The van der Waals surface area contributed by atoms with Crippen molar-refractivity contribution in [3.63, 3.8) is 0 Å². The number of carbonyl (C=O) groups is 2. The van der Waals surface area contributed by atoms with E-state index in [9.17, 15) is 36.5 Å². The average Bonchev–Trinajstić information content (AvgIpc) is 2.98. The molecule has 29 heavy (non-hydrogen) atoms. The Balaban J connectivity index is 2.11. The minimum absolute atomic E-state index is 0.0163. The van der Waals surface area contributed by atoms with Crippen LogP contribution in [0.3, 0.4) is 0 Å². The average molecular weight is 448 g/mol. The molecule has 1 aromatic rings. The van der Waals surface area contributed by atoms with E-state index >= 15 is 0 Å². The third-order valence-corrected chi connectivity index (χ3v) is 7.32. The Labute approximate surface area is 167 Å². The molecule has 0 aliphatic carbocycles. The van der Waals surface area contributed by atoms with Crippen LogP contribution in [0.2, 0.25) is 0 Å². The van der Waals surface area contributed by atoms with Gasteiger partial charge in [-0.3, -0.25) is 14.9 Å². The van der Waals surface area contributed by atoms with E-state index in [0.717, 1.165) is 24.5 Å². The fraction of sp³-hybridized carbons (Fsp3) is 0.500. The molecule has 1 saturated heterocycles. The van der Waals surface area contributed by atoms with Gasteiger partial charge in [0.2, 0.25) is 0 Å². The summed E-state index contributed by atoms with van der Waals surface area (Å²) in [6.45, 7) is 1.22. The highest BCUT2D eigenvalue weighted by molar-refractivity contribution is 7.91.